The Kier molecular flexibility index (Phi) is 94.4. The third kappa shape index (κ3) is 71.1. The summed E-state index contributed by atoms with van der Waals surface area (Å²) in [6.45, 7) is 0. The van der Waals surface area contributed by atoms with Gasteiger partial charge in [0.15, 0.2) is 17.4 Å². The first-order valence-electron chi connectivity index (χ1n) is 0.577. The number of hydrogen-bond acceptors (Lipinski definition) is 3. The third-order valence-corrected chi connectivity index (χ3v) is 0. The van der Waals surface area contributed by atoms with E-state index >= 15 is 0 Å². The fraction of sp³-hybridized carbons (Fsp3) is 0. The summed E-state index contributed by atoms with van der Waals surface area (Å²) in [7, 11) is 0. The zero-order valence-electron chi connectivity index (χ0n) is 2.14. The molecule has 6 heteroatoms. The normalized spacial score (nSPS) is 2.33. The van der Waals surface area contributed by atoms with Gasteiger partial charge in [-0.15, -0.1) is 0 Å². The van der Waals surface area contributed by atoms with E-state index < -0.39 is 19.1 Å². The quantitative estimate of drug-likeness (QED) is 0.451. The standard InChI is InChI=1S/Al.ClHO.2O.Ti.3H/c;1-2;;;;;;/h;2H;;;;;;. The molecule has 0 amide bonds. The Balaban J connectivity index is -0.0000000275. The summed E-state index contributed by atoms with van der Waals surface area (Å²) in [5, 5.41) is 0. The van der Waals surface area contributed by atoms with Crippen molar-refractivity contribution < 1.29 is 30.4 Å². The molecule has 0 radical (unpaired) electrons. The van der Waals surface area contributed by atoms with Crippen molar-refractivity contribution in [3.8, 4) is 0 Å². The Morgan fingerprint density at radius 1 is 1.33 bits per heavy atom. The zero-order chi connectivity index (χ0) is 4.71. The van der Waals surface area contributed by atoms with Gasteiger partial charge in [0, 0.05) is 0 Å². The molecule has 0 aromatic carbocycles. The van der Waals surface area contributed by atoms with Crippen molar-refractivity contribution in [2.45, 2.75) is 0 Å². The first kappa shape index (κ1) is 15.7. The van der Waals surface area contributed by atoms with E-state index in [0.29, 0.717) is 0 Å². The maximum atomic E-state index is 8.50. The number of halogens is 1. The van der Waals surface area contributed by atoms with Crippen LogP contribution in [-0.2, 0) is 25.7 Å². The molecule has 0 aliphatic carbocycles. The van der Waals surface area contributed by atoms with Crippen LogP contribution in [0.3, 0.4) is 0 Å². The summed E-state index contributed by atoms with van der Waals surface area (Å²) < 4.78 is 23.5. The third-order valence-electron chi connectivity index (χ3n) is 0. The van der Waals surface area contributed by atoms with Gasteiger partial charge in [-0.3, -0.25) is 4.66 Å². The average Bonchev–Trinajstić information content (AvgIpc) is 1.46. The molecule has 0 saturated heterocycles. The summed E-state index contributed by atoms with van der Waals surface area (Å²) in [5.74, 6) is 0. The van der Waals surface area contributed by atoms with Gasteiger partial charge in [0.05, 0.1) is 11.9 Å². The van der Waals surface area contributed by atoms with E-state index in [2.05, 4.69) is 11.9 Å². The Morgan fingerprint density at radius 2 is 1.33 bits per heavy atom. The van der Waals surface area contributed by atoms with Crippen molar-refractivity contribution in [3.63, 3.8) is 0 Å². The minimum absolute atomic E-state index is 0. The predicted molar refractivity (Wildman–Crippen MR) is 19.4 cm³/mol. The second-order valence-corrected chi connectivity index (χ2v) is 0.344. The summed E-state index contributed by atoms with van der Waals surface area (Å²) in [6.07, 6.45) is 0. The zero-order valence-corrected chi connectivity index (χ0v) is 4.46. The fourth-order valence-electron chi connectivity index (χ4n) is 0. The second-order valence-electron chi connectivity index (χ2n) is 0.0833. The molecule has 0 heterocycles. The van der Waals surface area contributed by atoms with Crippen LogP contribution in [0.15, 0.2) is 0 Å². The SMILES string of the molecule is OCl.[AlH3].[O]=[Ti]=[O]. The topological polar surface area (TPSA) is 54.4 Å². The molecule has 0 fully saturated rings. The summed E-state index contributed by atoms with van der Waals surface area (Å²) in [5.41, 5.74) is 0. The molecule has 0 atom stereocenters. The van der Waals surface area contributed by atoms with Gasteiger partial charge in [0.25, 0.3) is 0 Å². The first-order valence-corrected chi connectivity index (χ1v) is 2.19. The Bertz CT molecular complexity index is 31.8. The molecule has 0 aromatic heterocycles. The van der Waals surface area contributed by atoms with Crippen LogP contribution in [0.4, 0.5) is 0 Å². The van der Waals surface area contributed by atoms with Gasteiger partial charge in [-0.05, 0) is 0 Å². The van der Waals surface area contributed by atoms with E-state index in [1.165, 1.54) is 0 Å². The Hall–Kier alpha value is 1.10. The molecule has 0 rings (SSSR count). The summed E-state index contributed by atoms with van der Waals surface area (Å²) in [6, 6.07) is 0. The summed E-state index contributed by atoms with van der Waals surface area (Å²) >= 11 is 1.64. The van der Waals surface area contributed by atoms with E-state index in [1.807, 2.05) is 0 Å². The van der Waals surface area contributed by atoms with Gasteiger partial charge < -0.3 is 0 Å². The van der Waals surface area contributed by atoms with Gasteiger partial charge in [-0.1, -0.05) is 0 Å². The van der Waals surface area contributed by atoms with E-state index in [1.54, 1.807) is 0 Å². The van der Waals surface area contributed by atoms with Gasteiger partial charge in [0.1, 0.15) is 0 Å². The van der Waals surface area contributed by atoms with E-state index in [-0.39, 0.29) is 17.4 Å². The van der Waals surface area contributed by atoms with Crippen LogP contribution >= 0.6 is 11.9 Å². The Labute approximate surface area is 59.6 Å². The molecule has 0 aromatic rings. The van der Waals surface area contributed by atoms with Gasteiger partial charge in [-0.25, -0.2) is 0 Å². The molecule has 0 saturated carbocycles. The average molecular weight is 162 g/mol. The van der Waals surface area contributed by atoms with Crippen molar-refractivity contribution >= 4 is 29.2 Å². The van der Waals surface area contributed by atoms with E-state index in [0.717, 1.165) is 0 Å². The van der Waals surface area contributed by atoms with Gasteiger partial charge in [0.2, 0.25) is 0 Å². The van der Waals surface area contributed by atoms with Crippen molar-refractivity contribution in [1.82, 2.24) is 0 Å². The molecule has 0 unspecified atom stereocenters. The van der Waals surface area contributed by atoms with Gasteiger partial charge >= 0.3 is 25.7 Å². The van der Waals surface area contributed by atoms with Crippen molar-refractivity contribution in [2.75, 3.05) is 0 Å². The molecule has 36 valence electrons. The number of rotatable bonds is 0. The molecule has 0 spiro atoms. The molecule has 6 heavy (non-hydrogen) atoms. The van der Waals surface area contributed by atoms with Crippen LogP contribution in [0.5, 0.6) is 0 Å². The van der Waals surface area contributed by atoms with Crippen LogP contribution in [0.25, 0.3) is 0 Å². The van der Waals surface area contributed by atoms with Crippen LogP contribution in [0.1, 0.15) is 0 Å². The molecular formula is H4AlClO3Ti. The predicted octanol–water partition coefficient (Wildman–Crippen LogP) is -1.29. The first-order chi connectivity index (χ1) is 2.41. The molecule has 1 N–H and O–H groups in total. The molecule has 0 aliphatic heterocycles. The van der Waals surface area contributed by atoms with E-state index in [9.17, 15) is 0 Å². The summed E-state index contributed by atoms with van der Waals surface area (Å²) in [4.78, 5) is 0. The maximum absolute atomic E-state index is 8.50. The van der Waals surface area contributed by atoms with Crippen LogP contribution in [-0.4, -0.2) is 22.0 Å². The van der Waals surface area contributed by atoms with Crippen LogP contribution in [0.2, 0.25) is 0 Å². The Morgan fingerprint density at radius 3 is 1.33 bits per heavy atom. The van der Waals surface area contributed by atoms with E-state index in [4.69, 9.17) is 11.3 Å². The van der Waals surface area contributed by atoms with Crippen LogP contribution < -0.4 is 0 Å². The molecule has 3 nitrogen and oxygen atoms in total. The second kappa shape index (κ2) is 36.0. The fourth-order valence-corrected chi connectivity index (χ4v) is 0. The number of hydrogen-bond donors (Lipinski definition) is 1. The van der Waals surface area contributed by atoms with Crippen molar-refractivity contribution in [3.05, 3.63) is 0 Å². The molecular weight excluding hydrogens is 158 g/mol. The van der Waals surface area contributed by atoms with Crippen molar-refractivity contribution in [1.29, 1.82) is 0 Å². The van der Waals surface area contributed by atoms with Crippen LogP contribution in [0, 0.1) is 0 Å². The monoisotopic (exact) mass is 162 g/mol. The molecule has 0 bridgehead atoms. The minimum atomic E-state index is -2.00. The van der Waals surface area contributed by atoms with Crippen molar-refractivity contribution in [2.24, 2.45) is 0 Å². The van der Waals surface area contributed by atoms with Gasteiger partial charge in [-0.2, -0.15) is 0 Å². The molecule has 0 aliphatic rings.